The Morgan fingerprint density at radius 3 is 2.42 bits per heavy atom. The third-order valence-electron chi connectivity index (χ3n) is 1.55. The Hall–Kier alpha value is -0.900. The minimum absolute atomic E-state index is 0.0851. The van der Waals surface area contributed by atoms with Crippen molar-refractivity contribution in [3.05, 3.63) is 0 Å². The summed E-state index contributed by atoms with van der Waals surface area (Å²) in [4.78, 5) is 11.0. The second-order valence-electron chi connectivity index (χ2n) is 2.90. The summed E-state index contributed by atoms with van der Waals surface area (Å²) in [5, 5.41) is 7.33. The molecule has 70 valence electrons. The maximum atomic E-state index is 11.0. The van der Waals surface area contributed by atoms with Crippen LogP contribution in [-0.2, 0) is 9.53 Å². The lowest BCUT2D eigenvalue weighted by molar-refractivity contribution is -0.135. The average molecular weight is 172 g/mol. The number of ether oxygens (including phenoxy) is 1. The van der Waals surface area contributed by atoms with Crippen LogP contribution in [0.3, 0.4) is 0 Å². The highest BCUT2D eigenvalue weighted by Gasteiger charge is 2.20. The van der Waals surface area contributed by atoms with Gasteiger partial charge in [0.25, 0.3) is 0 Å². The van der Waals surface area contributed by atoms with Crippen LogP contribution in [0.15, 0.2) is 0 Å². The maximum Gasteiger partial charge on any atom is 0.353 e. The maximum absolute atomic E-state index is 11.0. The van der Waals surface area contributed by atoms with Crippen molar-refractivity contribution in [3.8, 4) is 0 Å². The normalized spacial score (nSPS) is 12.8. The highest BCUT2D eigenvalue weighted by atomic mass is 16.5. The number of carbonyl (C=O) groups is 1. The molecule has 0 saturated carbocycles. The molecule has 0 amide bonds. The molecule has 12 heavy (non-hydrogen) atoms. The number of rotatable bonds is 4. The van der Waals surface area contributed by atoms with Crippen molar-refractivity contribution < 1.29 is 9.53 Å². The lowest BCUT2D eigenvalue weighted by atomic mass is 10.0. The molecule has 3 N–H and O–H groups in total. The van der Waals surface area contributed by atoms with Gasteiger partial charge in [0.2, 0.25) is 0 Å². The van der Waals surface area contributed by atoms with Crippen molar-refractivity contribution in [3.63, 3.8) is 0 Å². The van der Waals surface area contributed by atoms with Crippen LogP contribution in [0, 0.1) is 11.3 Å². The van der Waals surface area contributed by atoms with E-state index >= 15 is 0 Å². The minimum Gasteiger partial charge on any atom is -0.461 e. The molecule has 0 spiro atoms. The lowest BCUT2D eigenvalue weighted by Crippen LogP contribution is -2.40. The molecule has 0 aromatic rings. The quantitative estimate of drug-likeness (QED) is 0.480. The van der Waals surface area contributed by atoms with Crippen LogP contribution in [0.4, 0.5) is 0 Å². The fraction of sp³-hybridized carbons (Fsp3) is 0.750. The van der Waals surface area contributed by atoms with E-state index in [4.69, 9.17) is 11.1 Å². The van der Waals surface area contributed by atoms with E-state index in [1.807, 2.05) is 13.8 Å². The SMILES string of the molecule is CCOC(=O)C(=N)C(N)C(C)C. The van der Waals surface area contributed by atoms with Crippen molar-refractivity contribution in [2.75, 3.05) is 6.61 Å². The number of carbonyl (C=O) groups excluding carboxylic acids is 1. The molecule has 0 rings (SSSR count). The Bertz CT molecular complexity index is 178. The van der Waals surface area contributed by atoms with Gasteiger partial charge in [0, 0.05) is 0 Å². The summed E-state index contributed by atoms with van der Waals surface area (Å²) >= 11 is 0. The molecular weight excluding hydrogens is 156 g/mol. The molecule has 1 unspecified atom stereocenters. The molecule has 1 atom stereocenters. The number of hydrogen-bond acceptors (Lipinski definition) is 4. The molecule has 0 aliphatic rings. The van der Waals surface area contributed by atoms with E-state index in [9.17, 15) is 4.79 Å². The fourth-order valence-electron chi connectivity index (χ4n) is 0.678. The summed E-state index contributed by atoms with van der Waals surface area (Å²) in [7, 11) is 0. The zero-order valence-corrected chi connectivity index (χ0v) is 7.76. The molecule has 0 saturated heterocycles. The van der Waals surface area contributed by atoms with Gasteiger partial charge in [0.1, 0.15) is 5.71 Å². The third-order valence-corrected chi connectivity index (χ3v) is 1.55. The Balaban J connectivity index is 4.10. The summed E-state index contributed by atoms with van der Waals surface area (Å²) < 4.78 is 4.63. The van der Waals surface area contributed by atoms with Gasteiger partial charge in [-0.25, -0.2) is 4.79 Å². The van der Waals surface area contributed by atoms with Crippen LogP contribution in [-0.4, -0.2) is 24.3 Å². The molecule has 0 aliphatic heterocycles. The van der Waals surface area contributed by atoms with Crippen LogP contribution < -0.4 is 5.73 Å². The van der Waals surface area contributed by atoms with E-state index in [1.165, 1.54) is 0 Å². The smallest absolute Gasteiger partial charge is 0.353 e. The van der Waals surface area contributed by atoms with Crippen LogP contribution >= 0.6 is 0 Å². The largest absolute Gasteiger partial charge is 0.461 e. The van der Waals surface area contributed by atoms with Gasteiger partial charge in [-0.05, 0) is 12.8 Å². The summed E-state index contributed by atoms with van der Waals surface area (Å²) in [6.45, 7) is 5.70. The molecule has 0 fully saturated rings. The summed E-state index contributed by atoms with van der Waals surface area (Å²) in [5.41, 5.74) is 5.42. The lowest BCUT2D eigenvalue weighted by Gasteiger charge is -2.14. The second-order valence-corrected chi connectivity index (χ2v) is 2.90. The molecule has 4 nitrogen and oxygen atoms in total. The van der Waals surface area contributed by atoms with Crippen molar-refractivity contribution in [2.45, 2.75) is 26.8 Å². The zero-order valence-electron chi connectivity index (χ0n) is 7.76. The first-order valence-electron chi connectivity index (χ1n) is 4.01. The van der Waals surface area contributed by atoms with Gasteiger partial charge in [0.15, 0.2) is 0 Å². The standard InChI is InChI=1S/C8H16N2O2/c1-4-12-8(11)7(10)6(9)5(2)3/h5-6,10H,4,9H2,1-3H3. The highest BCUT2D eigenvalue weighted by Crippen LogP contribution is 2.00. The highest BCUT2D eigenvalue weighted by molar-refractivity contribution is 6.37. The molecule has 0 aromatic carbocycles. The van der Waals surface area contributed by atoms with Crippen LogP contribution in [0.25, 0.3) is 0 Å². The minimum atomic E-state index is -0.612. The summed E-state index contributed by atoms with van der Waals surface area (Å²) in [6, 6.07) is -0.524. The zero-order chi connectivity index (χ0) is 9.72. The van der Waals surface area contributed by atoms with E-state index in [1.54, 1.807) is 6.92 Å². The van der Waals surface area contributed by atoms with Crippen LogP contribution in [0.5, 0.6) is 0 Å². The van der Waals surface area contributed by atoms with Gasteiger partial charge < -0.3 is 10.5 Å². The summed E-state index contributed by atoms with van der Waals surface area (Å²) in [6.07, 6.45) is 0. The molecule has 0 radical (unpaired) electrons. The van der Waals surface area contributed by atoms with Crippen molar-refractivity contribution >= 4 is 11.7 Å². The van der Waals surface area contributed by atoms with Gasteiger partial charge in [-0.15, -0.1) is 0 Å². The molecule has 0 aliphatic carbocycles. The van der Waals surface area contributed by atoms with Gasteiger partial charge in [0.05, 0.1) is 12.6 Å². The molecule has 0 heterocycles. The third kappa shape index (κ3) is 3.00. The number of nitrogens with two attached hydrogens (primary N) is 1. The Kier molecular flexibility index (Phi) is 4.51. The van der Waals surface area contributed by atoms with Crippen LogP contribution in [0.2, 0.25) is 0 Å². The van der Waals surface area contributed by atoms with E-state index < -0.39 is 12.0 Å². The Labute approximate surface area is 72.6 Å². The molecular formula is C8H16N2O2. The van der Waals surface area contributed by atoms with E-state index in [-0.39, 0.29) is 18.2 Å². The number of nitrogens with one attached hydrogen (secondary N) is 1. The first-order chi connectivity index (χ1) is 5.50. The van der Waals surface area contributed by atoms with Crippen LogP contribution in [0.1, 0.15) is 20.8 Å². The first-order valence-corrected chi connectivity index (χ1v) is 4.01. The molecule has 4 heteroatoms. The average Bonchev–Trinajstić information content (AvgIpc) is 2.02. The van der Waals surface area contributed by atoms with Gasteiger partial charge in [-0.1, -0.05) is 13.8 Å². The summed E-state index contributed by atoms with van der Waals surface area (Å²) in [5.74, 6) is -0.527. The Morgan fingerprint density at radius 2 is 2.08 bits per heavy atom. The second kappa shape index (κ2) is 4.87. The van der Waals surface area contributed by atoms with E-state index in [2.05, 4.69) is 4.74 Å². The molecule has 0 bridgehead atoms. The van der Waals surface area contributed by atoms with Crippen molar-refractivity contribution in [2.24, 2.45) is 11.7 Å². The van der Waals surface area contributed by atoms with E-state index in [0.29, 0.717) is 0 Å². The van der Waals surface area contributed by atoms with Crippen molar-refractivity contribution in [1.29, 1.82) is 5.41 Å². The predicted octanol–water partition coefficient (Wildman–Crippen LogP) is 0.553. The van der Waals surface area contributed by atoms with Crippen molar-refractivity contribution in [1.82, 2.24) is 0 Å². The van der Waals surface area contributed by atoms with Gasteiger partial charge >= 0.3 is 5.97 Å². The Morgan fingerprint density at radius 1 is 1.58 bits per heavy atom. The van der Waals surface area contributed by atoms with Gasteiger partial charge in [-0.3, -0.25) is 5.41 Å². The topological polar surface area (TPSA) is 76.2 Å². The first kappa shape index (κ1) is 11.1. The number of esters is 1. The fourth-order valence-corrected chi connectivity index (χ4v) is 0.678. The van der Waals surface area contributed by atoms with E-state index in [0.717, 1.165) is 0 Å². The monoisotopic (exact) mass is 172 g/mol. The number of hydrogen-bond donors (Lipinski definition) is 2. The predicted molar refractivity (Wildman–Crippen MR) is 47.2 cm³/mol. The van der Waals surface area contributed by atoms with Gasteiger partial charge in [-0.2, -0.15) is 0 Å². The molecule has 0 aromatic heterocycles.